The molecule has 27 heavy (non-hydrogen) atoms. The molecule has 0 bridgehead atoms. The third-order valence-electron chi connectivity index (χ3n) is 4.23. The zero-order chi connectivity index (χ0) is 19.6. The fourth-order valence-electron chi connectivity index (χ4n) is 2.60. The van der Waals surface area contributed by atoms with Gasteiger partial charge in [0, 0.05) is 22.9 Å². The maximum Gasteiger partial charge on any atom is 0.277 e. The van der Waals surface area contributed by atoms with Crippen LogP contribution in [0.5, 0.6) is 0 Å². The van der Waals surface area contributed by atoms with E-state index in [9.17, 15) is 10.1 Å². The highest BCUT2D eigenvalue weighted by atomic mass is 32.2. The summed E-state index contributed by atoms with van der Waals surface area (Å²) < 4.78 is 5.77. The number of benzene rings is 2. The Labute approximate surface area is 162 Å². The van der Waals surface area contributed by atoms with Crippen molar-refractivity contribution in [2.24, 2.45) is 0 Å². The number of aromatic nitrogens is 2. The molecule has 0 aliphatic rings. The fourth-order valence-corrected chi connectivity index (χ4v) is 3.40. The first-order valence-electron chi connectivity index (χ1n) is 8.59. The van der Waals surface area contributed by atoms with Crippen molar-refractivity contribution in [2.45, 2.75) is 43.6 Å². The van der Waals surface area contributed by atoms with Crippen molar-refractivity contribution in [2.75, 3.05) is 0 Å². The third kappa shape index (κ3) is 4.54. The van der Waals surface area contributed by atoms with Crippen molar-refractivity contribution < 1.29 is 9.34 Å². The highest BCUT2D eigenvalue weighted by Crippen LogP contribution is 2.36. The van der Waals surface area contributed by atoms with E-state index in [1.165, 1.54) is 23.4 Å². The van der Waals surface area contributed by atoms with Gasteiger partial charge in [0.25, 0.3) is 10.9 Å². The minimum Gasteiger partial charge on any atom is -0.411 e. The molecule has 1 aromatic heterocycles. The van der Waals surface area contributed by atoms with Crippen LogP contribution in [0.2, 0.25) is 0 Å². The van der Waals surface area contributed by atoms with Crippen LogP contribution in [0.15, 0.2) is 58.2 Å². The first kappa shape index (κ1) is 19.1. The van der Waals surface area contributed by atoms with Gasteiger partial charge in [-0.15, -0.1) is 10.2 Å². The van der Waals surface area contributed by atoms with Crippen LogP contribution in [-0.4, -0.2) is 15.1 Å². The van der Waals surface area contributed by atoms with Gasteiger partial charge in [0.1, 0.15) is 0 Å². The molecule has 140 valence electrons. The molecule has 1 heterocycles. The summed E-state index contributed by atoms with van der Waals surface area (Å²) in [7, 11) is 0. The minimum absolute atomic E-state index is 0.0542. The average Bonchev–Trinajstić information content (AvgIpc) is 3.09. The molecule has 6 nitrogen and oxygen atoms in total. The lowest BCUT2D eigenvalue weighted by Crippen LogP contribution is -2.10. The second-order valence-electron chi connectivity index (χ2n) is 7.31. The SMILES string of the molecule is CC(Sc1nnc(-c2ccc(C(C)(C)C)cc2)o1)c1cccc([N+](=O)[O-])c1. The van der Waals surface area contributed by atoms with Crippen LogP contribution in [-0.2, 0) is 5.41 Å². The smallest absolute Gasteiger partial charge is 0.277 e. The second-order valence-corrected chi connectivity index (χ2v) is 8.60. The van der Waals surface area contributed by atoms with Gasteiger partial charge in [-0.1, -0.05) is 56.8 Å². The highest BCUT2D eigenvalue weighted by molar-refractivity contribution is 7.99. The minimum atomic E-state index is -0.396. The summed E-state index contributed by atoms with van der Waals surface area (Å²) in [4.78, 5) is 10.5. The lowest BCUT2D eigenvalue weighted by Gasteiger charge is -2.18. The molecule has 0 aliphatic heterocycles. The van der Waals surface area contributed by atoms with Gasteiger partial charge in [-0.2, -0.15) is 0 Å². The molecular formula is C20H21N3O3S. The summed E-state index contributed by atoms with van der Waals surface area (Å²) >= 11 is 1.38. The van der Waals surface area contributed by atoms with Gasteiger partial charge in [0.2, 0.25) is 5.89 Å². The zero-order valence-corrected chi connectivity index (χ0v) is 16.5. The first-order valence-corrected chi connectivity index (χ1v) is 9.47. The van der Waals surface area contributed by atoms with Crippen molar-refractivity contribution in [3.05, 3.63) is 69.8 Å². The molecule has 0 spiro atoms. The Kier molecular flexibility index (Phi) is 5.32. The lowest BCUT2D eigenvalue weighted by atomic mass is 9.87. The van der Waals surface area contributed by atoms with E-state index in [2.05, 4.69) is 43.1 Å². The van der Waals surface area contributed by atoms with Gasteiger partial charge in [0.05, 0.1) is 4.92 Å². The Balaban J connectivity index is 1.74. The van der Waals surface area contributed by atoms with E-state index in [4.69, 9.17) is 4.42 Å². The molecule has 2 aromatic carbocycles. The number of thioether (sulfide) groups is 1. The Morgan fingerprint density at radius 3 is 2.44 bits per heavy atom. The van der Waals surface area contributed by atoms with E-state index in [1.807, 2.05) is 25.1 Å². The van der Waals surface area contributed by atoms with E-state index >= 15 is 0 Å². The van der Waals surface area contributed by atoms with E-state index in [1.54, 1.807) is 12.1 Å². The van der Waals surface area contributed by atoms with E-state index < -0.39 is 4.92 Å². The van der Waals surface area contributed by atoms with Crippen molar-refractivity contribution in [3.8, 4) is 11.5 Å². The number of non-ortho nitro benzene ring substituents is 1. The summed E-state index contributed by atoms with van der Waals surface area (Å²) in [6, 6.07) is 14.7. The molecular weight excluding hydrogens is 362 g/mol. The summed E-state index contributed by atoms with van der Waals surface area (Å²) in [6.45, 7) is 8.45. The van der Waals surface area contributed by atoms with Gasteiger partial charge in [-0.25, -0.2) is 0 Å². The van der Waals surface area contributed by atoms with Crippen LogP contribution in [0.25, 0.3) is 11.5 Å². The Morgan fingerprint density at radius 2 is 1.81 bits per heavy atom. The number of nitro groups is 1. The first-order chi connectivity index (χ1) is 12.7. The maximum atomic E-state index is 10.9. The third-order valence-corrected chi connectivity index (χ3v) is 5.22. The van der Waals surface area contributed by atoms with Gasteiger partial charge >= 0.3 is 0 Å². The molecule has 0 saturated heterocycles. The largest absolute Gasteiger partial charge is 0.411 e. The summed E-state index contributed by atoms with van der Waals surface area (Å²) in [5, 5.41) is 19.5. The van der Waals surface area contributed by atoms with Gasteiger partial charge < -0.3 is 4.42 Å². The number of nitro benzene ring substituents is 1. The van der Waals surface area contributed by atoms with Crippen LogP contribution in [0.4, 0.5) is 5.69 Å². The van der Waals surface area contributed by atoms with E-state index in [-0.39, 0.29) is 16.4 Å². The molecule has 1 unspecified atom stereocenters. The normalized spacial score (nSPS) is 12.7. The van der Waals surface area contributed by atoms with Crippen molar-refractivity contribution >= 4 is 17.4 Å². The molecule has 0 fully saturated rings. The number of hydrogen-bond acceptors (Lipinski definition) is 6. The Hall–Kier alpha value is -2.67. The molecule has 0 radical (unpaired) electrons. The molecule has 0 amide bonds. The number of hydrogen-bond donors (Lipinski definition) is 0. The zero-order valence-electron chi connectivity index (χ0n) is 15.7. The van der Waals surface area contributed by atoms with Crippen molar-refractivity contribution in [1.82, 2.24) is 10.2 Å². The molecule has 1 atom stereocenters. The standard InChI is InChI=1S/C20H21N3O3S/c1-13(15-6-5-7-17(12-15)23(24)25)27-19-22-21-18(26-19)14-8-10-16(11-9-14)20(2,3)4/h5-13H,1-4H3. The predicted molar refractivity (Wildman–Crippen MR) is 106 cm³/mol. The molecule has 3 aromatic rings. The molecule has 0 saturated carbocycles. The van der Waals surface area contributed by atoms with Crippen LogP contribution in [0.3, 0.4) is 0 Å². The quantitative estimate of drug-likeness (QED) is 0.315. The van der Waals surface area contributed by atoms with Gasteiger partial charge in [-0.3, -0.25) is 10.1 Å². The predicted octanol–water partition coefficient (Wildman–Crippen LogP) is 5.80. The molecule has 0 aliphatic carbocycles. The summed E-state index contributed by atoms with van der Waals surface area (Å²) in [5.74, 6) is 0.462. The summed E-state index contributed by atoms with van der Waals surface area (Å²) in [5.41, 5.74) is 3.10. The van der Waals surface area contributed by atoms with E-state index in [0.29, 0.717) is 11.1 Å². The Morgan fingerprint density at radius 1 is 1.11 bits per heavy atom. The van der Waals surface area contributed by atoms with Crippen LogP contribution in [0.1, 0.15) is 44.1 Å². The fraction of sp³-hybridized carbons (Fsp3) is 0.300. The van der Waals surface area contributed by atoms with Crippen LogP contribution < -0.4 is 0 Å². The van der Waals surface area contributed by atoms with Crippen molar-refractivity contribution in [1.29, 1.82) is 0 Å². The van der Waals surface area contributed by atoms with Gasteiger partial charge in [-0.05, 0) is 35.6 Å². The highest BCUT2D eigenvalue weighted by Gasteiger charge is 2.17. The van der Waals surface area contributed by atoms with Crippen LogP contribution in [0, 0.1) is 10.1 Å². The summed E-state index contributed by atoms with van der Waals surface area (Å²) in [6.07, 6.45) is 0. The molecule has 0 N–H and O–H groups in total. The lowest BCUT2D eigenvalue weighted by molar-refractivity contribution is -0.384. The topological polar surface area (TPSA) is 82.1 Å². The number of nitrogens with zero attached hydrogens (tertiary/aromatic N) is 3. The number of rotatable bonds is 5. The maximum absolute atomic E-state index is 10.9. The monoisotopic (exact) mass is 383 g/mol. The van der Waals surface area contributed by atoms with Gasteiger partial charge in [0.15, 0.2) is 0 Å². The average molecular weight is 383 g/mol. The molecule has 3 rings (SSSR count). The van der Waals surface area contributed by atoms with Crippen LogP contribution >= 0.6 is 11.8 Å². The Bertz CT molecular complexity index is 946. The van der Waals surface area contributed by atoms with Crippen molar-refractivity contribution in [3.63, 3.8) is 0 Å². The second kappa shape index (κ2) is 7.52. The molecule has 7 heteroatoms. The van der Waals surface area contributed by atoms with E-state index in [0.717, 1.165) is 11.1 Å².